The smallest absolute Gasteiger partial charge is 0.349 e. The molecule has 70 valence electrons. The lowest BCUT2D eigenvalue weighted by atomic mass is 10.4. The fourth-order valence-corrected chi connectivity index (χ4v) is 0.880. The second-order valence-corrected chi connectivity index (χ2v) is 2.45. The van der Waals surface area contributed by atoms with E-state index < -0.39 is 11.7 Å². The van der Waals surface area contributed by atoms with Gasteiger partial charge in [-0.3, -0.25) is 9.36 Å². The molecule has 0 radical (unpaired) electrons. The Hall–Kier alpha value is -1.85. The lowest BCUT2D eigenvalue weighted by Crippen LogP contribution is -2.25. The molecule has 0 unspecified atom stereocenters. The summed E-state index contributed by atoms with van der Waals surface area (Å²) in [6, 6.07) is 1.45. The zero-order chi connectivity index (χ0) is 9.84. The normalized spacial score (nSPS) is 9.85. The number of nitrogen functional groups attached to an aromatic ring is 1. The Morgan fingerprint density at radius 2 is 2.38 bits per heavy atom. The van der Waals surface area contributed by atoms with Crippen LogP contribution in [-0.4, -0.2) is 20.6 Å². The Bertz CT molecular complexity index is 371. The number of hydrogen-bond donors (Lipinski definition) is 2. The number of carbonyl (C=O) groups is 1. The third-order valence-electron chi connectivity index (χ3n) is 1.52. The van der Waals surface area contributed by atoms with E-state index in [1.807, 2.05) is 0 Å². The molecule has 0 bridgehead atoms. The molecule has 1 aromatic rings. The van der Waals surface area contributed by atoms with Gasteiger partial charge in [-0.2, -0.15) is 0 Å². The molecule has 0 amide bonds. The molecule has 0 aliphatic rings. The standard InChI is InChI=1S/C7H9N3O3/c8-5-1-3-9-7(13)10(5)4-2-6(11)12/h1,3H,2,4,8H2,(H,11,12). The van der Waals surface area contributed by atoms with Gasteiger partial charge >= 0.3 is 11.7 Å². The van der Waals surface area contributed by atoms with Crippen molar-refractivity contribution in [3.63, 3.8) is 0 Å². The van der Waals surface area contributed by atoms with Gasteiger partial charge in [-0.05, 0) is 6.07 Å². The topological polar surface area (TPSA) is 98.2 Å². The van der Waals surface area contributed by atoms with Gasteiger partial charge in [0.05, 0.1) is 6.42 Å². The monoisotopic (exact) mass is 183 g/mol. The predicted octanol–water partition coefficient (Wildman–Crippen LogP) is -0.700. The average Bonchev–Trinajstić information content (AvgIpc) is 2.03. The number of carboxylic acid groups (broad SMARTS) is 1. The maximum absolute atomic E-state index is 11.0. The molecule has 0 spiro atoms. The first kappa shape index (κ1) is 9.24. The van der Waals surface area contributed by atoms with Crippen LogP contribution in [0.15, 0.2) is 17.1 Å². The minimum absolute atomic E-state index is 0.0494. The van der Waals surface area contributed by atoms with Gasteiger partial charge in [-0.25, -0.2) is 9.78 Å². The van der Waals surface area contributed by atoms with Crippen molar-refractivity contribution in [3.8, 4) is 0 Å². The van der Waals surface area contributed by atoms with Crippen molar-refractivity contribution >= 4 is 11.8 Å². The minimum Gasteiger partial charge on any atom is -0.481 e. The molecule has 1 rings (SSSR count). The van der Waals surface area contributed by atoms with Crippen LogP contribution in [0.5, 0.6) is 0 Å². The molecular weight excluding hydrogens is 174 g/mol. The van der Waals surface area contributed by atoms with E-state index in [0.29, 0.717) is 0 Å². The van der Waals surface area contributed by atoms with Crippen LogP contribution >= 0.6 is 0 Å². The number of aromatic nitrogens is 2. The van der Waals surface area contributed by atoms with Crippen LogP contribution in [0, 0.1) is 0 Å². The minimum atomic E-state index is -0.977. The molecule has 0 aliphatic heterocycles. The van der Waals surface area contributed by atoms with Crippen LogP contribution in [0.3, 0.4) is 0 Å². The van der Waals surface area contributed by atoms with Crippen molar-refractivity contribution in [2.24, 2.45) is 0 Å². The Morgan fingerprint density at radius 1 is 1.69 bits per heavy atom. The molecule has 6 heteroatoms. The van der Waals surface area contributed by atoms with E-state index in [-0.39, 0.29) is 18.8 Å². The predicted molar refractivity (Wildman–Crippen MR) is 45.2 cm³/mol. The average molecular weight is 183 g/mol. The number of nitrogens with zero attached hydrogens (tertiary/aromatic N) is 2. The first-order valence-electron chi connectivity index (χ1n) is 3.64. The van der Waals surface area contributed by atoms with Crippen LogP contribution in [0.2, 0.25) is 0 Å². The van der Waals surface area contributed by atoms with Crippen molar-refractivity contribution in [1.82, 2.24) is 9.55 Å². The number of carboxylic acids is 1. The molecule has 0 saturated carbocycles. The number of nitrogens with two attached hydrogens (primary N) is 1. The molecule has 1 heterocycles. The zero-order valence-electron chi connectivity index (χ0n) is 6.80. The lowest BCUT2D eigenvalue weighted by Gasteiger charge is -2.05. The SMILES string of the molecule is Nc1ccnc(=O)n1CCC(=O)O. The Kier molecular flexibility index (Phi) is 2.63. The number of aliphatic carboxylic acids is 1. The second kappa shape index (κ2) is 3.70. The van der Waals surface area contributed by atoms with Gasteiger partial charge in [0.1, 0.15) is 5.82 Å². The third kappa shape index (κ3) is 2.29. The number of rotatable bonds is 3. The summed E-state index contributed by atoms with van der Waals surface area (Å²) in [4.78, 5) is 24.7. The highest BCUT2D eigenvalue weighted by Crippen LogP contribution is 1.96. The van der Waals surface area contributed by atoms with Crippen LogP contribution in [-0.2, 0) is 11.3 Å². The summed E-state index contributed by atoms with van der Waals surface area (Å²) in [6.45, 7) is 0.0494. The molecule has 0 atom stereocenters. The van der Waals surface area contributed by atoms with Crippen LogP contribution < -0.4 is 11.4 Å². The van der Waals surface area contributed by atoms with E-state index in [1.54, 1.807) is 0 Å². The maximum Gasteiger partial charge on any atom is 0.349 e. The van der Waals surface area contributed by atoms with Crippen LogP contribution in [0.25, 0.3) is 0 Å². The summed E-state index contributed by atoms with van der Waals surface area (Å²) in [5, 5.41) is 8.38. The molecule has 0 aliphatic carbocycles. The molecule has 0 saturated heterocycles. The van der Waals surface area contributed by atoms with E-state index in [0.717, 1.165) is 4.57 Å². The van der Waals surface area contributed by atoms with Gasteiger partial charge in [0, 0.05) is 12.7 Å². The van der Waals surface area contributed by atoms with Gasteiger partial charge in [0.25, 0.3) is 0 Å². The number of anilines is 1. The first-order chi connectivity index (χ1) is 6.11. The van der Waals surface area contributed by atoms with Gasteiger partial charge < -0.3 is 10.8 Å². The molecule has 0 fully saturated rings. The van der Waals surface area contributed by atoms with E-state index in [2.05, 4.69) is 4.98 Å². The van der Waals surface area contributed by atoms with Crippen LogP contribution in [0.1, 0.15) is 6.42 Å². The maximum atomic E-state index is 11.0. The highest BCUT2D eigenvalue weighted by molar-refractivity contribution is 5.66. The molecule has 3 N–H and O–H groups in total. The zero-order valence-corrected chi connectivity index (χ0v) is 6.80. The fraction of sp³-hybridized carbons (Fsp3) is 0.286. The fourth-order valence-electron chi connectivity index (χ4n) is 0.880. The van der Waals surface area contributed by atoms with Crippen molar-refractivity contribution < 1.29 is 9.90 Å². The van der Waals surface area contributed by atoms with Gasteiger partial charge in [-0.1, -0.05) is 0 Å². The highest BCUT2D eigenvalue weighted by atomic mass is 16.4. The first-order valence-corrected chi connectivity index (χ1v) is 3.64. The summed E-state index contributed by atoms with van der Waals surface area (Å²) in [5.41, 5.74) is 4.91. The summed E-state index contributed by atoms with van der Waals surface area (Å²) in [5.74, 6) is -0.753. The molecule has 0 aromatic carbocycles. The van der Waals surface area contributed by atoms with Gasteiger partial charge in [0.2, 0.25) is 0 Å². The van der Waals surface area contributed by atoms with Crippen molar-refractivity contribution in [1.29, 1.82) is 0 Å². The summed E-state index contributed by atoms with van der Waals surface area (Å²) < 4.78 is 1.12. The van der Waals surface area contributed by atoms with Crippen LogP contribution in [0.4, 0.5) is 5.82 Å². The largest absolute Gasteiger partial charge is 0.481 e. The summed E-state index contributed by atoms with van der Waals surface area (Å²) in [7, 11) is 0. The van der Waals surface area contributed by atoms with Crippen molar-refractivity contribution in [2.45, 2.75) is 13.0 Å². The molecule has 6 nitrogen and oxygen atoms in total. The third-order valence-corrected chi connectivity index (χ3v) is 1.52. The Morgan fingerprint density at radius 3 is 2.92 bits per heavy atom. The molecular formula is C7H9N3O3. The van der Waals surface area contributed by atoms with Crippen molar-refractivity contribution in [2.75, 3.05) is 5.73 Å². The van der Waals surface area contributed by atoms with E-state index >= 15 is 0 Å². The van der Waals surface area contributed by atoms with Gasteiger partial charge in [0.15, 0.2) is 0 Å². The highest BCUT2D eigenvalue weighted by Gasteiger charge is 2.03. The second-order valence-electron chi connectivity index (χ2n) is 2.45. The Balaban J connectivity index is 2.87. The molecule has 1 aromatic heterocycles. The molecule has 13 heavy (non-hydrogen) atoms. The van der Waals surface area contributed by atoms with Crippen molar-refractivity contribution in [3.05, 3.63) is 22.7 Å². The summed E-state index contributed by atoms with van der Waals surface area (Å²) >= 11 is 0. The van der Waals surface area contributed by atoms with E-state index in [9.17, 15) is 9.59 Å². The van der Waals surface area contributed by atoms with E-state index in [1.165, 1.54) is 12.3 Å². The lowest BCUT2D eigenvalue weighted by molar-refractivity contribution is -0.137. The van der Waals surface area contributed by atoms with Gasteiger partial charge in [-0.15, -0.1) is 0 Å². The van der Waals surface area contributed by atoms with E-state index in [4.69, 9.17) is 10.8 Å². The number of hydrogen-bond acceptors (Lipinski definition) is 4. The Labute approximate surface area is 73.6 Å². The summed E-state index contributed by atoms with van der Waals surface area (Å²) in [6.07, 6.45) is 1.14. The quantitative estimate of drug-likeness (QED) is 0.645.